The molecule has 0 aromatic rings. The fourth-order valence-electron chi connectivity index (χ4n) is 1.40. The van der Waals surface area contributed by atoms with Crippen LogP contribution in [-0.2, 0) is 0 Å². The summed E-state index contributed by atoms with van der Waals surface area (Å²) in [7, 11) is 0. The first-order valence-corrected chi connectivity index (χ1v) is 3.66. The highest BCUT2D eigenvalue weighted by Crippen LogP contribution is 2.25. The second-order valence-corrected chi connectivity index (χ2v) is 3.13. The second-order valence-electron chi connectivity index (χ2n) is 3.13. The van der Waals surface area contributed by atoms with Crippen LogP contribution in [0.15, 0.2) is 0 Å². The van der Waals surface area contributed by atoms with E-state index in [4.69, 9.17) is 0 Å². The zero-order chi connectivity index (χ0) is 7.61. The maximum atomic E-state index is 12.3. The Morgan fingerprint density at radius 1 is 1.55 bits per heavy atom. The molecule has 68 valence electrons. The van der Waals surface area contributed by atoms with E-state index >= 15 is 0 Å². The van der Waals surface area contributed by atoms with Crippen molar-refractivity contribution in [1.29, 1.82) is 0 Å². The van der Waals surface area contributed by atoms with Gasteiger partial charge < -0.3 is 5.32 Å². The average Bonchev–Trinajstić information content (AvgIpc) is 2.12. The quantitative estimate of drug-likeness (QED) is 0.695. The first-order valence-electron chi connectivity index (χ1n) is 3.66. The minimum absolute atomic E-state index is 0. The Kier molecular flexibility index (Phi) is 4.26. The minimum atomic E-state index is -2.48. The van der Waals surface area contributed by atoms with Crippen molar-refractivity contribution in [2.24, 2.45) is 5.92 Å². The van der Waals surface area contributed by atoms with E-state index in [2.05, 4.69) is 5.32 Å². The van der Waals surface area contributed by atoms with Crippen LogP contribution in [0.25, 0.3) is 0 Å². The van der Waals surface area contributed by atoms with Crippen molar-refractivity contribution in [2.45, 2.75) is 25.7 Å². The van der Waals surface area contributed by atoms with Crippen LogP contribution in [0.4, 0.5) is 8.78 Å². The van der Waals surface area contributed by atoms with Gasteiger partial charge in [0.15, 0.2) is 0 Å². The molecule has 1 atom stereocenters. The Bertz CT molecular complexity index is 107. The van der Waals surface area contributed by atoms with Gasteiger partial charge in [-0.3, -0.25) is 0 Å². The molecule has 0 radical (unpaired) electrons. The van der Waals surface area contributed by atoms with E-state index in [0.29, 0.717) is 0 Å². The largest absolute Gasteiger partial charge is 0.316 e. The molecule has 1 aliphatic rings. The van der Waals surface area contributed by atoms with Crippen molar-refractivity contribution in [3.05, 3.63) is 0 Å². The second kappa shape index (κ2) is 4.21. The van der Waals surface area contributed by atoms with Gasteiger partial charge in [0.2, 0.25) is 5.92 Å². The Balaban J connectivity index is 0.000001000. The van der Waals surface area contributed by atoms with E-state index < -0.39 is 5.92 Å². The van der Waals surface area contributed by atoms with Gasteiger partial charge >= 0.3 is 0 Å². The highest BCUT2D eigenvalue weighted by molar-refractivity contribution is 5.85. The highest BCUT2D eigenvalue weighted by atomic mass is 35.5. The molecule has 4 heteroatoms. The van der Waals surface area contributed by atoms with Gasteiger partial charge in [0.05, 0.1) is 0 Å². The van der Waals surface area contributed by atoms with E-state index in [-0.39, 0.29) is 24.7 Å². The lowest BCUT2D eigenvalue weighted by Crippen LogP contribution is -2.18. The Labute approximate surface area is 72.0 Å². The summed E-state index contributed by atoms with van der Waals surface area (Å²) in [6.07, 6.45) is 0.948. The standard InChI is InChI=1S/C7H13F2N.ClH/c1-7(8,9)4-6-2-3-10-5-6;/h6,10H,2-5H2,1H3;1H. The topological polar surface area (TPSA) is 12.0 Å². The van der Waals surface area contributed by atoms with Crippen LogP contribution in [0.5, 0.6) is 0 Å². The molecule has 1 nitrogen and oxygen atoms in total. The first kappa shape index (κ1) is 11.1. The van der Waals surface area contributed by atoms with Crippen LogP contribution in [-0.4, -0.2) is 19.0 Å². The van der Waals surface area contributed by atoms with Crippen LogP contribution >= 0.6 is 12.4 Å². The monoisotopic (exact) mass is 185 g/mol. The van der Waals surface area contributed by atoms with Crippen molar-refractivity contribution in [1.82, 2.24) is 5.32 Å². The molecule has 1 heterocycles. The van der Waals surface area contributed by atoms with Gasteiger partial charge in [-0.05, 0) is 32.4 Å². The third-order valence-corrected chi connectivity index (χ3v) is 1.81. The van der Waals surface area contributed by atoms with E-state index in [1.54, 1.807) is 0 Å². The zero-order valence-electron chi connectivity index (χ0n) is 6.57. The molecule has 0 saturated carbocycles. The fraction of sp³-hybridized carbons (Fsp3) is 1.00. The minimum Gasteiger partial charge on any atom is -0.316 e. The summed E-state index contributed by atoms with van der Waals surface area (Å²) in [6, 6.07) is 0. The Morgan fingerprint density at radius 3 is 2.55 bits per heavy atom. The molecule has 1 N–H and O–H groups in total. The van der Waals surface area contributed by atoms with E-state index in [1.165, 1.54) is 0 Å². The molecule has 1 saturated heterocycles. The summed E-state index contributed by atoms with van der Waals surface area (Å²) >= 11 is 0. The third-order valence-electron chi connectivity index (χ3n) is 1.81. The predicted octanol–water partition coefficient (Wildman–Crippen LogP) is 2.06. The highest BCUT2D eigenvalue weighted by Gasteiger charge is 2.28. The molecule has 1 unspecified atom stereocenters. The third kappa shape index (κ3) is 4.53. The molecule has 0 bridgehead atoms. The van der Waals surface area contributed by atoms with Crippen LogP contribution in [0.2, 0.25) is 0 Å². The summed E-state index contributed by atoms with van der Waals surface area (Å²) in [4.78, 5) is 0. The molecular formula is C7H14ClF2N. The van der Waals surface area contributed by atoms with Gasteiger partial charge in [0, 0.05) is 6.42 Å². The molecule has 0 aliphatic carbocycles. The average molecular weight is 186 g/mol. The van der Waals surface area contributed by atoms with Gasteiger partial charge in [-0.25, -0.2) is 8.78 Å². The molecule has 11 heavy (non-hydrogen) atoms. The smallest absolute Gasteiger partial charge is 0.245 e. The van der Waals surface area contributed by atoms with Crippen molar-refractivity contribution in [3.63, 3.8) is 0 Å². The summed E-state index contributed by atoms with van der Waals surface area (Å²) in [6.45, 7) is 2.66. The maximum absolute atomic E-state index is 12.3. The van der Waals surface area contributed by atoms with Gasteiger partial charge in [-0.15, -0.1) is 12.4 Å². The maximum Gasteiger partial charge on any atom is 0.245 e. The summed E-state index contributed by atoms with van der Waals surface area (Å²) < 4.78 is 24.7. The number of hydrogen-bond acceptors (Lipinski definition) is 1. The van der Waals surface area contributed by atoms with Gasteiger partial charge in [0.25, 0.3) is 0 Å². The van der Waals surface area contributed by atoms with Crippen LogP contribution < -0.4 is 5.32 Å². The van der Waals surface area contributed by atoms with E-state index in [9.17, 15) is 8.78 Å². The molecule has 0 aromatic carbocycles. The van der Waals surface area contributed by atoms with Gasteiger partial charge in [0.1, 0.15) is 0 Å². The summed E-state index contributed by atoms with van der Waals surface area (Å²) in [5.74, 6) is -2.28. The van der Waals surface area contributed by atoms with Crippen LogP contribution in [0.1, 0.15) is 19.8 Å². The van der Waals surface area contributed by atoms with Gasteiger partial charge in [-0.2, -0.15) is 0 Å². The van der Waals surface area contributed by atoms with Crippen LogP contribution in [0.3, 0.4) is 0 Å². The number of halogens is 3. The van der Waals surface area contributed by atoms with Crippen molar-refractivity contribution >= 4 is 12.4 Å². The SMILES string of the molecule is CC(F)(F)CC1CCNC1.Cl. The summed E-state index contributed by atoms with van der Waals surface area (Å²) in [5, 5.41) is 3.06. The van der Waals surface area contributed by atoms with Crippen molar-refractivity contribution in [3.8, 4) is 0 Å². The molecular weight excluding hydrogens is 172 g/mol. The fourth-order valence-corrected chi connectivity index (χ4v) is 1.40. The molecule has 0 amide bonds. The van der Waals surface area contributed by atoms with E-state index in [1.807, 2.05) is 0 Å². The lowest BCUT2D eigenvalue weighted by atomic mass is 10.0. The van der Waals surface area contributed by atoms with E-state index in [0.717, 1.165) is 26.4 Å². The van der Waals surface area contributed by atoms with Crippen molar-refractivity contribution in [2.75, 3.05) is 13.1 Å². The predicted molar refractivity (Wildman–Crippen MR) is 43.5 cm³/mol. The molecule has 1 fully saturated rings. The number of nitrogens with one attached hydrogen (secondary N) is 1. The lowest BCUT2D eigenvalue weighted by molar-refractivity contribution is -0.00107. The van der Waals surface area contributed by atoms with Crippen molar-refractivity contribution < 1.29 is 8.78 Å². The molecule has 0 aromatic heterocycles. The summed E-state index contributed by atoms with van der Waals surface area (Å²) in [5.41, 5.74) is 0. The number of hydrogen-bond donors (Lipinski definition) is 1. The van der Waals surface area contributed by atoms with Crippen LogP contribution in [0, 0.1) is 5.92 Å². The molecule has 0 spiro atoms. The normalized spacial score (nSPS) is 24.8. The number of rotatable bonds is 2. The Morgan fingerprint density at radius 2 is 2.18 bits per heavy atom. The van der Waals surface area contributed by atoms with Gasteiger partial charge in [-0.1, -0.05) is 0 Å². The lowest BCUT2D eigenvalue weighted by Gasteiger charge is -2.13. The Hall–Kier alpha value is 0.110. The number of alkyl halides is 2. The molecule has 1 rings (SSSR count). The zero-order valence-corrected chi connectivity index (χ0v) is 7.39. The molecule has 1 aliphatic heterocycles. The first-order chi connectivity index (χ1) is 4.58.